The zero-order valence-electron chi connectivity index (χ0n) is 10.1. The van der Waals surface area contributed by atoms with E-state index in [1.54, 1.807) is 0 Å². The summed E-state index contributed by atoms with van der Waals surface area (Å²) in [5, 5.41) is 0.706. The third kappa shape index (κ3) is 3.47. The summed E-state index contributed by atoms with van der Waals surface area (Å²) in [5.74, 6) is 0.563. The number of nitrogens with zero attached hydrogens (tertiary/aromatic N) is 1. The van der Waals surface area contributed by atoms with Crippen LogP contribution in [0.3, 0.4) is 0 Å². The van der Waals surface area contributed by atoms with Gasteiger partial charge in [0.15, 0.2) is 9.84 Å². The minimum Gasteiger partial charge on any atom is -0.298 e. The molecule has 2 rings (SSSR count). The molecule has 0 aliphatic carbocycles. The predicted molar refractivity (Wildman–Crippen MR) is 77.7 cm³/mol. The van der Waals surface area contributed by atoms with E-state index in [0.717, 1.165) is 10.0 Å². The SMILES string of the molecule is CN(Cc1ccc(Br)cc1Cl)C1CCS(=O)(=O)C1. The summed E-state index contributed by atoms with van der Waals surface area (Å²) in [7, 11) is -0.883. The van der Waals surface area contributed by atoms with Crippen LogP contribution in [0, 0.1) is 0 Å². The number of rotatable bonds is 3. The fraction of sp³-hybridized carbons (Fsp3) is 0.500. The normalized spacial score (nSPS) is 22.6. The Balaban J connectivity index is 2.05. The highest BCUT2D eigenvalue weighted by Crippen LogP contribution is 2.24. The van der Waals surface area contributed by atoms with Crippen LogP contribution in [0.5, 0.6) is 0 Å². The summed E-state index contributed by atoms with van der Waals surface area (Å²) in [4.78, 5) is 2.07. The van der Waals surface area contributed by atoms with Crippen LogP contribution in [-0.2, 0) is 16.4 Å². The Bertz CT molecular complexity index is 547. The minimum atomic E-state index is -2.83. The van der Waals surface area contributed by atoms with E-state index in [1.165, 1.54) is 0 Å². The maximum absolute atomic E-state index is 11.5. The van der Waals surface area contributed by atoms with Gasteiger partial charge in [0.25, 0.3) is 0 Å². The van der Waals surface area contributed by atoms with Crippen molar-refractivity contribution in [2.75, 3.05) is 18.6 Å². The van der Waals surface area contributed by atoms with Gasteiger partial charge in [0.1, 0.15) is 0 Å². The molecule has 1 aliphatic heterocycles. The van der Waals surface area contributed by atoms with Crippen LogP contribution in [0.1, 0.15) is 12.0 Å². The second kappa shape index (κ2) is 5.49. The van der Waals surface area contributed by atoms with E-state index in [-0.39, 0.29) is 11.8 Å². The molecule has 0 bridgehead atoms. The van der Waals surface area contributed by atoms with Crippen molar-refractivity contribution < 1.29 is 8.42 Å². The van der Waals surface area contributed by atoms with E-state index in [0.29, 0.717) is 23.7 Å². The number of hydrogen-bond donors (Lipinski definition) is 0. The molecule has 0 spiro atoms. The van der Waals surface area contributed by atoms with E-state index in [9.17, 15) is 8.42 Å². The maximum atomic E-state index is 11.5. The summed E-state index contributed by atoms with van der Waals surface area (Å²) in [6.07, 6.45) is 0.715. The molecule has 1 aromatic carbocycles. The molecule has 3 nitrogen and oxygen atoms in total. The lowest BCUT2D eigenvalue weighted by Gasteiger charge is -2.23. The first kappa shape index (κ1) is 14.3. The Morgan fingerprint density at radius 3 is 2.78 bits per heavy atom. The van der Waals surface area contributed by atoms with E-state index in [1.807, 2.05) is 25.2 Å². The van der Waals surface area contributed by atoms with Gasteiger partial charge in [-0.2, -0.15) is 0 Å². The first-order chi connectivity index (χ1) is 8.37. The third-order valence-electron chi connectivity index (χ3n) is 3.27. The Labute approximate surface area is 121 Å². The van der Waals surface area contributed by atoms with Crippen molar-refractivity contribution in [1.29, 1.82) is 0 Å². The number of hydrogen-bond acceptors (Lipinski definition) is 3. The summed E-state index contributed by atoms with van der Waals surface area (Å²) >= 11 is 9.53. The van der Waals surface area contributed by atoms with E-state index in [4.69, 9.17) is 11.6 Å². The van der Waals surface area contributed by atoms with Gasteiger partial charge in [0, 0.05) is 22.1 Å². The monoisotopic (exact) mass is 351 g/mol. The molecular weight excluding hydrogens is 338 g/mol. The maximum Gasteiger partial charge on any atom is 0.151 e. The van der Waals surface area contributed by atoms with Crippen LogP contribution in [0.25, 0.3) is 0 Å². The van der Waals surface area contributed by atoms with Crippen LogP contribution in [0.4, 0.5) is 0 Å². The Hall–Kier alpha value is -0.100. The van der Waals surface area contributed by atoms with Gasteiger partial charge < -0.3 is 0 Å². The van der Waals surface area contributed by atoms with Gasteiger partial charge in [-0.15, -0.1) is 0 Å². The van der Waals surface area contributed by atoms with Crippen LogP contribution in [-0.4, -0.2) is 37.9 Å². The molecule has 1 aromatic rings. The van der Waals surface area contributed by atoms with Crippen LogP contribution >= 0.6 is 27.5 Å². The number of halogens is 2. The largest absolute Gasteiger partial charge is 0.298 e. The molecule has 1 atom stereocenters. The molecule has 1 aliphatic rings. The molecular formula is C12H15BrClNO2S. The quantitative estimate of drug-likeness (QED) is 0.839. The topological polar surface area (TPSA) is 37.4 Å². The summed E-state index contributed by atoms with van der Waals surface area (Å²) in [6, 6.07) is 5.87. The number of sulfone groups is 1. The second-order valence-electron chi connectivity index (χ2n) is 4.71. The Morgan fingerprint density at radius 1 is 1.50 bits per heavy atom. The molecule has 0 radical (unpaired) electrons. The lowest BCUT2D eigenvalue weighted by molar-refractivity contribution is 0.254. The predicted octanol–water partition coefficient (Wildman–Crippen LogP) is 2.72. The summed E-state index contributed by atoms with van der Waals surface area (Å²) in [6.45, 7) is 0.673. The molecule has 0 aromatic heterocycles. The van der Waals surface area contributed by atoms with Gasteiger partial charge in [-0.05, 0) is 31.2 Å². The average molecular weight is 353 g/mol. The first-order valence-corrected chi connectivity index (χ1v) is 8.71. The molecule has 6 heteroatoms. The van der Waals surface area contributed by atoms with Gasteiger partial charge in [0.05, 0.1) is 11.5 Å². The molecule has 1 unspecified atom stereocenters. The smallest absolute Gasteiger partial charge is 0.151 e. The highest BCUT2D eigenvalue weighted by Gasteiger charge is 2.30. The fourth-order valence-electron chi connectivity index (χ4n) is 2.17. The molecule has 1 saturated heterocycles. The van der Waals surface area contributed by atoms with Crippen molar-refractivity contribution in [2.24, 2.45) is 0 Å². The van der Waals surface area contributed by atoms with Gasteiger partial charge in [-0.25, -0.2) is 8.42 Å². The van der Waals surface area contributed by atoms with Crippen molar-refractivity contribution in [1.82, 2.24) is 4.90 Å². The van der Waals surface area contributed by atoms with Gasteiger partial charge in [-0.3, -0.25) is 4.90 Å². The summed E-state index contributed by atoms with van der Waals surface area (Å²) < 4.78 is 23.8. The standard InChI is InChI=1S/C12H15BrClNO2S/c1-15(11-4-5-18(16,17)8-11)7-9-2-3-10(13)6-12(9)14/h2-3,6,11H,4-5,7-8H2,1H3. The first-order valence-electron chi connectivity index (χ1n) is 5.72. The van der Waals surface area contributed by atoms with Crippen LogP contribution < -0.4 is 0 Å². The fourth-order valence-corrected chi connectivity index (χ4v) is 4.71. The second-order valence-corrected chi connectivity index (χ2v) is 8.26. The van der Waals surface area contributed by atoms with Crippen LogP contribution in [0.2, 0.25) is 5.02 Å². The zero-order valence-corrected chi connectivity index (χ0v) is 13.2. The van der Waals surface area contributed by atoms with Crippen LogP contribution in [0.15, 0.2) is 22.7 Å². The Morgan fingerprint density at radius 2 is 2.22 bits per heavy atom. The molecule has 0 amide bonds. The average Bonchev–Trinajstić information content (AvgIpc) is 2.63. The van der Waals surface area contributed by atoms with E-state index in [2.05, 4.69) is 20.8 Å². The van der Waals surface area contributed by atoms with Crippen molar-refractivity contribution in [3.8, 4) is 0 Å². The molecule has 0 saturated carbocycles. The highest BCUT2D eigenvalue weighted by molar-refractivity contribution is 9.10. The van der Waals surface area contributed by atoms with Gasteiger partial charge in [-0.1, -0.05) is 33.6 Å². The summed E-state index contributed by atoms with van der Waals surface area (Å²) in [5.41, 5.74) is 1.02. The molecule has 1 heterocycles. The van der Waals surface area contributed by atoms with Crippen molar-refractivity contribution in [3.05, 3.63) is 33.3 Å². The van der Waals surface area contributed by atoms with Gasteiger partial charge in [0.2, 0.25) is 0 Å². The molecule has 100 valence electrons. The zero-order chi connectivity index (χ0) is 13.3. The minimum absolute atomic E-state index is 0.106. The van der Waals surface area contributed by atoms with E-state index < -0.39 is 9.84 Å². The molecule has 18 heavy (non-hydrogen) atoms. The lowest BCUT2D eigenvalue weighted by atomic mass is 10.1. The van der Waals surface area contributed by atoms with E-state index >= 15 is 0 Å². The van der Waals surface area contributed by atoms with Crippen molar-refractivity contribution >= 4 is 37.4 Å². The lowest BCUT2D eigenvalue weighted by Crippen LogP contribution is -2.32. The highest BCUT2D eigenvalue weighted by atomic mass is 79.9. The molecule has 1 fully saturated rings. The van der Waals surface area contributed by atoms with Crippen molar-refractivity contribution in [2.45, 2.75) is 19.0 Å². The van der Waals surface area contributed by atoms with Gasteiger partial charge >= 0.3 is 0 Å². The third-order valence-corrected chi connectivity index (χ3v) is 5.86. The van der Waals surface area contributed by atoms with Crippen molar-refractivity contribution in [3.63, 3.8) is 0 Å². The molecule has 0 N–H and O–H groups in total. The Kier molecular flexibility index (Phi) is 4.36. The number of benzene rings is 1.